The Hall–Kier alpha value is -4.21. The van der Waals surface area contributed by atoms with Gasteiger partial charge in [0.2, 0.25) is 0 Å². The van der Waals surface area contributed by atoms with Crippen molar-refractivity contribution in [1.29, 1.82) is 0 Å². The molecule has 37 heavy (non-hydrogen) atoms. The number of hydrogen-bond acceptors (Lipinski definition) is 6. The second-order valence-corrected chi connectivity index (χ2v) is 8.84. The van der Waals surface area contributed by atoms with Crippen LogP contribution in [0.3, 0.4) is 0 Å². The van der Waals surface area contributed by atoms with Crippen molar-refractivity contribution in [1.82, 2.24) is 5.32 Å². The third kappa shape index (κ3) is 5.32. The Kier molecular flexibility index (Phi) is 7.28. The Morgan fingerprint density at radius 1 is 0.946 bits per heavy atom. The number of nitrogens with one attached hydrogen (secondary N) is 2. The highest BCUT2D eigenvalue weighted by atomic mass is 35.5. The van der Waals surface area contributed by atoms with Gasteiger partial charge in [0.1, 0.15) is 16.5 Å². The number of carboxylic acid groups (broad SMARTS) is 1. The number of hydrogen-bond donors (Lipinski definition) is 2. The number of carbonyl (C=O) groups is 4. The number of imide groups is 1. The molecule has 0 aliphatic carbocycles. The standard InChI is InChI=1S/C26H18Cl2FN3O5/c1-13-2-5-16(23(33)30-12-14-3-6-15(7-4-14)26(36)37)10-20(13)31-22-21(28)24(34)32(25(22)35)17-8-9-19(29)18(27)11-17/h2-11,31H,12H2,1H3,(H,30,33)(H,36,37)/p-1. The van der Waals surface area contributed by atoms with E-state index in [1.807, 2.05) is 0 Å². The van der Waals surface area contributed by atoms with Gasteiger partial charge in [-0.1, -0.05) is 53.5 Å². The van der Waals surface area contributed by atoms with Crippen LogP contribution in [-0.2, 0) is 16.1 Å². The molecule has 0 spiro atoms. The van der Waals surface area contributed by atoms with Gasteiger partial charge < -0.3 is 20.5 Å². The number of aryl methyl sites for hydroxylation is 1. The fourth-order valence-electron chi connectivity index (χ4n) is 3.55. The van der Waals surface area contributed by atoms with E-state index in [1.165, 1.54) is 24.3 Å². The first-order chi connectivity index (χ1) is 17.6. The molecule has 0 aromatic heterocycles. The molecule has 8 nitrogen and oxygen atoms in total. The summed E-state index contributed by atoms with van der Waals surface area (Å²) in [6.07, 6.45) is 0. The van der Waals surface area contributed by atoms with Crippen molar-refractivity contribution >= 4 is 58.3 Å². The maximum Gasteiger partial charge on any atom is 0.283 e. The minimum atomic E-state index is -1.29. The van der Waals surface area contributed by atoms with Gasteiger partial charge in [-0.2, -0.15) is 0 Å². The molecule has 4 rings (SSSR count). The summed E-state index contributed by atoms with van der Waals surface area (Å²) in [6, 6.07) is 14.0. The van der Waals surface area contributed by atoms with Gasteiger partial charge in [0.25, 0.3) is 17.7 Å². The van der Waals surface area contributed by atoms with Gasteiger partial charge in [0.05, 0.1) is 16.7 Å². The molecule has 0 bridgehead atoms. The summed E-state index contributed by atoms with van der Waals surface area (Å²) in [6.45, 7) is 1.87. The van der Waals surface area contributed by atoms with Crippen molar-refractivity contribution < 1.29 is 28.7 Å². The van der Waals surface area contributed by atoms with Crippen molar-refractivity contribution in [3.8, 4) is 0 Å². The number of carbonyl (C=O) groups excluding carboxylic acids is 4. The van der Waals surface area contributed by atoms with E-state index in [1.54, 1.807) is 31.2 Å². The second kappa shape index (κ2) is 10.4. The van der Waals surface area contributed by atoms with Gasteiger partial charge in [-0.05, 0) is 53.9 Å². The summed E-state index contributed by atoms with van der Waals surface area (Å²) in [4.78, 5) is 50.1. The molecule has 0 saturated carbocycles. The van der Waals surface area contributed by atoms with Crippen molar-refractivity contribution in [2.45, 2.75) is 13.5 Å². The largest absolute Gasteiger partial charge is 0.545 e. The van der Waals surface area contributed by atoms with E-state index in [0.717, 1.165) is 17.0 Å². The molecular weight excluding hydrogens is 524 g/mol. The molecule has 188 valence electrons. The van der Waals surface area contributed by atoms with Crippen molar-refractivity contribution in [3.05, 3.63) is 104 Å². The first kappa shape index (κ1) is 25.9. The Morgan fingerprint density at radius 3 is 2.27 bits per heavy atom. The van der Waals surface area contributed by atoms with Gasteiger partial charge in [-0.25, -0.2) is 9.29 Å². The van der Waals surface area contributed by atoms with E-state index >= 15 is 0 Å². The smallest absolute Gasteiger partial charge is 0.283 e. The lowest BCUT2D eigenvalue weighted by atomic mass is 10.1. The molecular formula is C26H17Cl2FN3O5-. The van der Waals surface area contributed by atoms with Crippen LogP contribution in [0.1, 0.15) is 31.8 Å². The molecule has 3 aromatic carbocycles. The molecule has 1 heterocycles. The number of amides is 3. The number of rotatable bonds is 7. The molecule has 0 unspecified atom stereocenters. The topological polar surface area (TPSA) is 119 Å². The predicted molar refractivity (Wildman–Crippen MR) is 134 cm³/mol. The maximum atomic E-state index is 13.5. The van der Waals surface area contributed by atoms with Crippen LogP contribution < -0.4 is 20.6 Å². The molecule has 3 aromatic rings. The zero-order chi connectivity index (χ0) is 26.9. The minimum Gasteiger partial charge on any atom is -0.545 e. The summed E-state index contributed by atoms with van der Waals surface area (Å²) in [5.41, 5.74) is 1.83. The fraction of sp³-hybridized carbons (Fsp3) is 0.0769. The van der Waals surface area contributed by atoms with Crippen LogP contribution in [0.15, 0.2) is 71.4 Å². The second-order valence-electron chi connectivity index (χ2n) is 8.05. The highest BCUT2D eigenvalue weighted by Crippen LogP contribution is 2.32. The zero-order valence-corrected chi connectivity index (χ0v) is 20.6. The van der Waals surface area contributed by atoms with Crippen molar-refractivity contribution in [2.75, 3.05) is 10.2 Å². The summed E-state index contributed by atoms with van der Waals surface area (Å²) in [5, 5.41) is 15.8. The third-order valence-electron chi connectivity index (χ3n) is 5.59. The number of aromatic carboxylic acids is 1. The number of carboxylic acids is 1. The quantitative estimate of drug-likeness (QED) is 0.442. The maximum absolute atomic E-state index is 13.5. The number of halogens is 3. The van der Waals surface area contributed by atoms with Crippen LogP contribution in [0, 0.1) is 12.7 Å². The molecule has 2 N–H and O–H groups in total. The summed E-state index contributed by atoms with van der Waals surface area (Å²) in [7, 11) is 0. The van der Waals surface area contributed by atoms with Crippen LogP contribution in [0.25, 0.3) is 0 Å². The van der Waals surface area contributed by atoms with Crippen molar-refractivity contribution in [3.63, 3.8) is 0 Å². The van der Waals surface area contributed by atoms with Gasteiger partial charge in [-0.3, -0.25) is 14.4 Å². The molecule has 3 amide bonds. The van der Waals surface area contributed by atoms with Crippen LogP contribution in [0.2, 0.25) is 5.02 Å². The Labute approximate surface area is 220 Å². The molecule has 11 heteroatoms. The molecule has 0 atom stereocenters. The Bertz CT molecular complexity index is 1490. The van der Waals surface area contributed by atoms with Crippen LogP contribution in [-0.4, -0.2) is 23.7 Å². The average Bonchev–Trinajstić information content (AvgIpc) is 3.08. The molecule has 1 aliphatic rings. The van der Waals surface area contributed by atoms with E-state index in [9.17, 15) is 28.7 Å². The third-order valence-corrected chi connectivity index (χ3v) is 6.23. The van der Waals surface area contributed by atoms with E-state index in [2.05, 4.69) is 10.6 Å². The Balaban J connectivity index is 1.50. The normalized spacial score (nSPS) is 13.2. The van der Waals surface area contributed by atoms with Crippen molar-refractivity contribution in [2.24, 2.45) is 0 Å². The van der Waals surface area contributed by atoms with E-state index < -0.39 is 29.5 Å². The molecule has 0 radical (unpaired) electrons. The van der Waals surface area contributed by atoms with E-state index in [0.29, 0.717) is 16.8 Å². The Morgan fingerprint density at radius 2 is 1.62 bits per heavy atom. The lowest BCUT2D eigenvalue weighted by Crippen LogP contribution is -2.32. The zero-order valence-electron chi connectivity index (χ0n) is 19.1. The highest BCUT2D eigenvalue weighted by molar-refractivity contribution is 6.53. The first-order valence-electron chi connectivity index (χ1n) is 10.8. The summed E-state index contributed by atoms with van der Waals surface area (Å²) in [5.74, 6) is -4.01. The van der Waals surface area contributed by atoms with Crippen LogP contribution in [0.5, 0.6) is 0 Å². The van der Waals surface area contributed by atoms with Gasteiger partial charge in [0.15, 0.2) is 0 Å². The van der Waals surface area contributed by atoms with Crippen LogP contribution in [0.4, 0.5) is 15.8 Å². The monoisotopic (exact) mass is 540 g/mol. The first-order valence-corrected chi connectivity index (χ1v) is 11.5. The van der Waals surface area contributed by atoms with Gasteiger partial charge in [0, 0.05) is 17.8 Å². The van der Waals surface area contributed by atoms with Gasteiger partial charge >= 0.3 is 0 Å². The van der Waals surface area contributed by atoms with E-state index in [-0.39, 0.29) is 39.1 Å². The lowest BCUT2D eigenvalue weighted by molar-refractivity contribution is -0.255. The van der Waals surface area contributed by atoms with Crippen LogP contribution >= 0.6 is 23.2 Å². The molecule has 0 fully saturated rings. The highest BCUT2D eigenvalue weighted by Gasteiger charge is 2.39. The number of benzene rings is 3. The fourth-order valence-corrected chi connectivity index (χ4v) is 3.93. The number of anilines is 2. The average molecular weight is 541 g/mol. The number of nitrogens with zero attached hydrogens (tertiary/aromatic N) is 1. The predicted octanol–water partition coefficient (Wildman–Crippen LogP) is 3.52. The summed E-state index contributed by atoms with van der Waals surface area (Å²) >= 11 is 12.0. The lowest BCUT2D eigenvalue weighted by Gasteiger charge is -2.16. The van der Waals surface area contributed by atoms with Gasteiger partial charge in [-0.15, -0.1) is 0 Å². The summed E-state index contributed by atoms with van der Waals surface area (Å²) < 4.78 is 13.5. The van der Waals surface area contributed by atoms with E-state index in [4.69, 9.17) is 23.2 Å². The molecule has 1 aliphatic heterocycles. The SMILES string of the molecule is Cc1ccc(C(=O)NCc2ccc(C(=O)[O-])cc2)cc1NC1=C(Cl)C(=O)N(c2ccc(F)c(Cl)c2)C1=O. The minimum absolute atomic E-state index is 0.0262. The molecule has 0 saturated heterocycles.